The number of aromatic nitrogens is 1. The van der Waals surface area contributed by atoms with Gasteiger partial charge in [-0.1, -0.05) is 23.7 Å². The summed E-state index contributed by atoms with van der Waals surface area (Å²) in [5.41, 5.74) is 0.893. The number of carbonyl (C=O) groups is 1. The van der Waals surface area contributed by atoms with Gasteiger partial charge in [-0.3, -0.25) is 9.78 Å². The third kappa shape index (κ3) is 4.76. The molecule has 0 bridgehead atoms. The Bertz CT molecular complexity index is 695. The molecule has 6 heteroatoms. The summed E-state index contributed by atoms with van der Waals surface area (Å²) in [6.45, 7) is 0. The number of carbonyl (C=O) groups excluding carboxylic acids is 1. The molecule has 2 aromatic rings. The lowest BCUT2D eigenvalue weighted by atomic mass is 10.1. The molecule has 1 atom stereocenters. The highest BCUT2D eigenvalue weighted by Gasteiger charge is 2.20. The summed E-state index contributed by atoms with van der Waals surface area (Å²) in [5.74, 6) is -0.940. The molecule has 1 heterocycles. The third-order valence-electron chi connectivity index (χ3n) is 3.29. The Labute approximate surface area is 138 Å². The zero-order chi connectivity index (χ0) is 16.7. The topological polar surface area (TPSA) is 65.8 Å². The zero-order valence-corrected chi connectivity index (χ0v) is 13.1. The van der Waals surface area contributed by atoms with Crippen LogP contribution in [0.15, 0.2) is 42.6 Å². The van der Waals surface area contributed by atoms with Crippen molar-refractivity contribution in [3.63, 3.8) is 0 Å². The molecule has 4 nitrogen and oxygen atoms in total. The van der Waals surface area contributed by atoms with Gasteiger partial charge in [0.25, 0.3) is 0 Å². The molecular weight excluding hydrogens is 317 g/mol. The fourth-order valence-corrected chi connectivity index (χ4v) is 2.44. The van der Waals surface area contributed by atoms with Crippen LogP contribution in [0.3, 0.4) is 0 Å². The van der Waals surface area contributed by atoms with E-state index in [9.17, 15) is 14.4 Å². The van der Waals surface area contributed by atoms with Gasteiger partial charge in [0.15, 0.2) is 0 Å². The van der Waals surface area contributed by atoms with Gasteiger partial charge in [0, 0.05) is 28.9 Å². The monoisotopic (exact) mass is 331 g/mol. The second-order valence-electron chi connectivity index (χ2n) is 4.94. The number of hydrogen-bond donors (Lipinski definition) is 1. The average molecular weight is 332 g/mol. The number of nitrogens with one attached hydrogen (secondary N) is 1. The molecule has 0 aliphatic rings. The molecule has 1 aromatic heterocycles. The third-order valence-corrected chi connectivity index (χ3v) is 3.62. The Kier molecular flexibility index (Phi) is 6.07. The molecule has 1 amide bonds. The van der Waals surface area contributed by atoms with Crippen LogP contribution in [0.1, 0.15) is 30.1 Å². The molecule has 0 saturated heterocycles. The normalized spacial score (nSPS) is 11.5. The molecule has 0 radical (unpaired) electrons. The van der Waals surface area contributed by atoms with Crippen LogP contribution < -0.4 is 5.32 Å². The van der Waals surface area contributed by atoms with Crippen LogP contribution in [0.2, 0.25) is 5.02 Å². The minimum Gasteiger partial charge on any atom is -0.337 e. The fourth-order valence-electron chi connectivity index (χ4n) is 2.16. The Morgan fingerprint density at radius 3 is 2.83 bits per heavy atom. The van der Waals surface area contributed by atoms with E-state index in [0.29, 0.717) is 12.8 Å². The van der Waals surface area contributed by atoms with Crippen molar-refractivity contribution in [3.8, 4) is 6.07 Å². The molecule has 0 saturated carbocycles. The molecule has 0 aliphatic carbocycles. The maximum Gasteiger partial charge on any atom is 0.221 e. The summed E-state index contributed by atoms with van der Waals surface area (Å²) in [6.07, 6.45) is 3.17. The van der Waals surface area contributed by atoms with Crippen molar-refractivity contribution in [2.75, 3.05) is 0 Å². The SMILES string of the molecule is N#C[C@H](NC(=O)CCCc1ccccn1)c1c(F)cccc1Cl. The van der Waals surface area contributed by atoms with Crippen LogP contribution in [-0.4, -0.2) is 10.9 Å². The summed E-state index contributed by atoms with van der Waals surface area (Å²) in [7, 11) is 0. The van der Waals surface area contributed by atoms with Crippen LogP contribution in [0.25, 0.3) is 0 Å². The lowest BCUT2D eigenvalue weighted by Gasteiger charge is -2.14. The van der Waals surface area contributed by atoms with Crippen molar-refractivity contribution in [2.24, 2.45) is 0 Å². The molecular formula is C17H15ClFN3O. The highest BCUT2D eigenvalue weighted by atomic mass is 35.5. The Morgan fingerprint density at radius 1 is 1.35 bits per heavy atom. The van der Waals surface area contributed by atoms with Crippen molar-refractivity contribution in [2.45, 2.75) is 25.3 Å². The average Bonchev–Trinajstić information content (AvgIpc) is 2.54. The summed E-state index contributed by atoms with van der Waals surface area (Å²) >= 11 is 5.92. The number of pyridine rings is 1. The number of benzene rings is 1. The largest absolute Gasteiger partial charge is 0.337 e. The van der Waals surface area contributed by atoms with E-state index in [4.69, 9.17) is 11.6 Å². The van der Waals surface area contributed by atoms with Crippen LogP contribution in [-0.2, 0) is 11.2 Å². The van der Waals surface area contributed by atoms with Gasteiger partial charge < -0.3 is 5.32 Å². The number of rotatable bonds is 6. The standard InChI is InChI=1S/C17H15ClFN3O/c18-13-7-4-8-14(19)17(13)15(11-20)22-16(23)9-3-6-12-5-1-2-10-21-12/h1-2,4-5,7-8,10,15H,3,6,9H2,(H,22,23)/t15-/m0/s1. The lowest BCUT2D eigenvalue weighted by Crippen LogP contribution is -2.28. The van der Waals surface area contributed by atoms with E-state index < -0.39 is 11.9 Å². The number of halogens is 2. The summed E-state index contributed by atoms with van der Waals surface area (Å²) < 4.78 is 13.8. The van der Waals surface area contributed by atoms with Gasteiger partial charge in [0.1, 0.15) is 11.9 Å². The molecule has 1 aromatic carbocycles. The first kappa shape index (κ1) is 16.9. The van der Waals surface area contributed by atoms with E-state index in [0.717, 1.165) is 5.69 Å². The number of nitriles is 1. The van der Waals surface area contributed by atoms with Crippen LogP contribution in [0.4, 0.5) is 4.39 Å². The van der Waals surface area contributed by atoms with Gasteiger partial charge in [-0.25, -0.2) is 4.39 Å². The van der Waals surface area contributed by atoms with Crippen molar-refractivity contribution in [3.05, 3.63) is 64.7 Å². The van der Waals surface area contributed by atoms with E-state index in [1.54, 1.807) is 6.20 Å². The minimum absolute atomic E-state index is 0.00487. The van der Waals surface area contributed by atoms with Crippen LogP contribution in [0.5, 0.6) is 0 Å². The minimum atomic E-state index is -1.11. The van der Waals surface area contributed by atoms with E-state index in [1.807, 2.05) is 24.3 Å². The number of hydrogen-bond acceptors (Lipinski definition) is 3. The number of amides is 1. The molecule has 0 aliphatic heterocycles. The summed E-state index contributed by atoms with van der Waals surface area (Å²) in [6, 6.07) is 10.5. The van der Waals surface area contributed by atoms with Crippen molar-refractivity contribution < 1.29 is 9.18 Å². The van der Waals surface area contributed by atoms with Crippen molar-refractivity contribution in [1.29, 1.82) is 5.26 Å². The number of nitrogens with zero attached hydrogens (tertiary/aromatic N) is 2. The second kappa shape index (κ2) is 8.25. The first-order chi connectivity index (χ1) is 11.1. The first-order valence-corrected chi connectivity index (χ1v) is 7.52. The quantitative estimate of drug-likeness (QED) is 0.879. The summed E-state index contributed by atoms with van der Waals surface area (Å²) in [4.78, 5) is 16.1. The van der Waals surface area contributed by atoms with Crippen molar-refractivity contribution >= 4 is 17.5 Å². The van der Waals surface area contributed by atoms with Crippen molar-refractivity contribution in [1.82, 2.24) is 10.3 Å². The smallest absolute Gasteiger partial charge is 0.221 e. The maximum atomic E-state index is 13.8. The van der Waals surface area contributed by atoms with Gasteiger partial charge in [-0.2, -0.15) is 5.26 Å². The maximum absolute atomic E-state index is 13.8. The first-order valence-electron chi connectivity index (χ1n) is 7.14. The van der Waals surface area contributed by atoms with E-state index in [-0.39, 0.29) is 22.9 Å². The Morgan fingerprint density at radius 2 is 2.17 bits per heavy atom. The van der Waals surface area contributed by atoms with Gasteiger partial charge >= 0.3 is 0 Å². The predicted octanol–water partition coefficient (Wildman–Crippen LogP) is 3.58. The Balaban J connectivity index is 1.92. The van der Waals surface area contributed by atoms with Crippen LogP contribution >= 0.6 is 11.6 Å². The molecule has 0 spiro atoms. The van der Waals surface area contributed by atoms with E-state index in [2.05, 4.69) is 10.3 Å². The predicted molar refractivity (Wildman–Crippen MR) is 85.1 cm³/mol. The highest BCUT2D eigenvalue weighted by molar-refractivity contribution is 6.31. The van der Waals surface area contributed by atoms with Gasteiger partial charge in [-0.05, 0) is 37.1 Å². The van der Waals surface area contributed by atoms with E-state index >= 15 is 0 Å². The van der Waals surface area contributed by atoms with E-state index in [1.165, 1.54) is 18.2 Å². The van der Waals surface area contributed by atoms with Crippen LogP contribution in [0, 0.1) is 17.1 Å². The molecule has 118 valence electrons. The lowest BCUT2D eigenvalue weighted by molar-refractivity contribution is -0.121. The molecule has 0 unspecified atom stereocenters. The van der Waals surface area contributed by atoms with Gasteiger partial charge in [-0.15, -0.1) is 0 Å². The molecule has 23 heavy (non-hydrogen) atoms. The second-order valence-corrected chi connectivity index (χ2v) is 5.35. The molecule has 2 rings (SSSR count). The molecule has 0 fully saturated rings. The highest BCUT2D eigenvalue weighted by Crippen LogP contribution is 2.25. The van der Waals surface area contributed by atoms with Gasteiger partial charge in [0.2, 0.25) is 5.91 Å². The molecule has 1 N–H and O–H groups in total. The fraction of sp³-hybridized carbons (Fsp3) is 0.235. The Hall–Kier alpha value is -2.45. The van der Waals surface area contributed by atoms with Gasteiger partial charge in [0.05, 0.1) is 6.07 Å². The zero-order valence-electron chi connectivity index (χ0n) is 12.3. The number of aryl methyl sites for hydroxylation is 1. The summed E-state index contributed by atoms with van der Waals surface area (Å²) in [5, 5.41) is 11.8.